The molecule has 0 aliphatic rings. The molecule has 0 N–H and O–H groups in total. The smallest absolute Gasteiger partial charge is 0.0849 e. The zero-order chi connectivity index (χ0) is 13.8. The first-order valence-corrected chi connectivity index (χ1v) is 7.49. The van der Waals surface area contributed by atoms with Crippen LogP contribution in [0.3, 0.4) is 0 Å². The molecule has 0 aliphatic carbocycles. The number of aryl methyl sites for hydroxylation is 2. The second kappa shape index (κ2) is 6.45. The van der Waals surface area contributed by atoms with Gasteiger partial charge in [-0.05, 0) is 41.2 Å². The van der Waals surface area contributed by atoms with Gasteiger partial charge in [0.1, 0.15) is 0 Å². The molecule has 2 aromatic carbocycles. The fourth-order valence-corrected chi connectivity index (χ4v) is 2.96. The molecule has 1 unspecified atom stereocenters. The van der Waals surface area contributed by atoms with Crippen molar-refractivity contribution in [2.45, 2.75) is 32.1 Å². The van der Waals surface area contributed by atoms with Crippen LogP contribution in [0.2, 0.25) is 5.02 Å². The second-order valence-corrected chi connectivity index (χ2v) is 5.46. The van der Waals surface area contributed by atoms with Crippen LogP contribution in [-0.2, 0) is 12.8 Å². The Hall–Kier alpha value is -0.980. The van der Waals surface area contributed by atoms with Crippen LogP contribution in [0.1, 0.15) is 41.5 Å². The van der Waals surface area contributed by atoms with Crippen molar-refractivity contribution in [2.24, 2.45) is 0 Å². The Morgan fingerprint density at radius 1 is 0.947 bits per heavy atom. The normalized spacial score (nSPS) is 12.4. The molecule has 0 radical (unpaired) electrons. The summed E-state index contributed by atoms with van der Waals surface area (Å²) in [6.07, 6.45) is 2.09. The van der Waals surface area contributed by atoms with Gasteiger partial charge >= 0.3 is 0 Å². The van der Waals surface area contributed by atoms with Crippen LogP contribution in [0.4, 0.5) is 0 Å². The fourth-order valence-electron chi connectivity index (χ4n) is 2.34. The van der Waals surface area contributed by atoms with E-state index in [1.165, 1.54) is 11.1 Å². The van der Waals surface area contributed by atoms with Crippen LogP contribution in [-0.4, -0.2) is 0 Å². The van der Waals surface area contributed by atoms with Crippen LogP contribution < -0.4 is 0 Å². The Labute approximate surface area is 125 Å². The van der Waals surface area contributed by atoms with Gasteiger partial charge in [-0.15, -0.1) is 11.6 Å². The standard InChI is InChI=1S/C17H18Cl2/c1-3-12-9-10-14(11-13(12)4-2)17(19)15-7-5-6-8-16(15)18/h5-11,17H,3-4H2,1-2H3. The molecule has 0 heterocycles. The zero-order valence-electron chi connectivity index (χ0n) is 11.3. The van der Waals surface area contributed by atoms with Crippen molar-refractivity contribution in [1.82, 2.24) is 0 Å². The molecule has 2 rings (SSSR count). The first-order valence-electron chi connectivity index (χ1n) is 6.67. The minimum Gasteiger partial charge on any atom is -0.113 e. The van der Waals surface area contributed by atoms with Crippen LogP contribution in [0.5, 0.6) is 0 Å². The first kappa shape index (κ1) is 14.4. The molecular weight excluding hydrogens is 275 g/mol. The molecule has 2 heteroatoms. The SMILES string of the molecule is CCc1ccc(C(Cl)c2ccccc2Cl)cc1CC. The molecule has 19 heavy (non-hydrogen) atoms. The molecule has 0 nitrogen and oxygen atoms in total. The predicted molar refractivity (Wildman–Crippen MR) is 84.3 cm³/mol. The summed E-state index contributed by atoms with van der Waals surface area (Å²) in [5, 5.41) is 0.532. The van der Waals surface area contributed by atoms with Crippen molar-refractivity contribution in [2.75, 3.05) is 0 Å². The Morgan fingerprint density at radius 2 is 1.63 bits per heavy atom. The average molecular weight is 293 g/mol. The summed E-state index contributed by atoms with van der Waals surface area (Å²) in [5.41, 5.74) is 4.85. The van der Waals surface area contributed by atoms with Gasteiger partial charge in [0.05, 0.1) is 5.38 Å². The highest BCUT2D eigenvalue weighted by molar-refractivity contribution is 6.33. The van der Waals surface area contributed by atoms with E-state index in [1.807, 2.05) is 24.3 Å². The number of hydrogen-bond acceptors (Lipinski definition) is 0. The lowest BCUT2D eigenvalue weighted by molar-refractivity contribution is 1.02. The topological polar surface area (TPSA) is 0 Å². The van der Waals surface area contributed by atoms with Gasteiger partial charge in [-0.3, -0.25) is 0 Å². The number of benzene rings is 2. The van der Waals surface area contributed by atoms with E-state index in [-0.39, 0.29) is 5.38 Å². The lowest BCUT2D eigenvalue weighted by atomic mass is 9.96. The van der Waals surface area contributed by atoms with Crippen LogP contribution >= 0.6 is 23.2 Å². The Balaban J connectivity index is 2.39. The molecule has 0 bridgehead atoms. The molecule has 0 aliphatic heterocycles. The van der Waals surface area contributed by atoms with Crippen molar-refractivity contribution in [3.63, 3.8) is 0 Å². The lowest BCUT2D eigenvalue weighted by Gasteiger charge is -2.15. The highest BCUT2D eigenvalue weighted by Crippen LogP contribution is 2.34. The van der Waals surface area contributed by atoms with Crippen molar-refractivity contribution < 1.29 is 0 Å². The van der Waals surface area contributed by atoms with E-state index in [4.69, 9.17) is 23.2 Å². The second-order valence-electron chi connectivity index (χ2n) is 4.62. The highest BCUT2D eigenvalue weighted by atomic mass is 35.5. The zero-order valence-corrected chi connectivity index (χ0v) is 12.8. The Morgan fingerprint density at radius 3 is 2.26 bits per heavy atom. The number of rotatable bonds is 4. The van der Waals surface area contributed by atoms with Crippen LogP contribution in [0, 0.1) is 0 Å². The minimum atomic E-state index is -0.190. The molecule has 100 valence electrons. The fraction of sp³-hybridized carbons (Fsp3) is 0.294. The summed E-state index contributed by atoms with van der Waals surface area (Å²) in [6.45, 7) is 4.36. The van der Waals surface area contributed by atoms with Gasteiger partial charge in [0.25, 0.3) is 0 Å². The maximum absolute atomic E-state index is 6.58. The van der Waals surface area contributed by atoms with E-state index in [9.17, 15) is 0 Å². The lowest BCUT2D eigenvalue weighted by Crippen LogP contribution is -1.98. The molecule has 2 aromatic rings. The summed E-state index contributed by atoms with van der Waals surface area (Å²) >= 11 is 12.8. The number of alkyl halides is 1. The van der Waals surface area contributed by atoms with Crippen LogP contribution in [0.25, 0.3) is 0 Å². The maximum atomic E-state index is 6.58. The minimum absolute atomic E-state index is 0.190. The van der Waals surface area contributed by atoms with Gasteiger partial charge in [-0.1, -0.05) is 61.8 Å². The highest BCUT2D eigenvalue weighted by Gasteiger charge is 2.14. The maximum Gasteiger partial charge on any atom is 0.0849 e. The van der Waals surface area contributed by atoms with Crippen molar-refractivity contribution >= 4 is 23.2 Å². The molecular formula is C17H18Cl2. The van der Waals surface area contributed by atoms with Crippen molar-refractivity contribution in [3.8, 4) is 0 Å². The van der Waals surface area contributed by atoms with E-state index in [2.05, 4.69) is 32.0 Å². The molecule has 0 saturated heterocycles. The largest absolute Gasteiger partial charge is 0.113 e. The summed E-state index contributed by atoms with van der Waals surface area (Å²) in [5.74, 6) is 0. The third-order valence-corrected chi connectivity index (χ3v) is 4.29. The molecule has 0 aromatic heterocycles. The van der Waals surface area contributed by atoms with Gasteiger partial charge in [0, 0.05) is 5.02 Å². The van der Waals surface area contributed by atoms with E-state index < -0.39 is 0 Å². The number of hydrogen-bond donors (Lipinski definition) is 0. The monoisotopic (exact) mass is 292 g/mol. The molecule has 0 saturated carbocycles. The Bertz CT molecular complexity index is 561. The van der Waals surface area contributed by atoms with Gasteiger partial charge in [0.2, 0.25) is 0 Å². The van der Waals surface area contributed by atoms with Crippen molar-refractivity contribution in [1.29, 1.82) is 0 Å². The van der Waals surface area contributed by atoms with E-state index in [0.29, 0.717) is 0 Å². The van der Waals surface area contributed by atoms with Gasteiger partial charge in [-0.25, -0.2) is 0 Å². The van der Waals surface area contributed by atoms with Crippen LogP contribution in [0.15, 0.2) is 42.5 Å². The third kappa shape index (κ3) is 3.13. The average Bonchev–Trinajstić information content (AvgIpc) is 2.46. The van der Waals surface area contributed by atoms with E-state index >= 15 is 0 Å². The van der Waals surface area contributed by atoms with E-state index in [1.54, 1.807) is 0 Å². The third-order valence-electron chi connectivity index (χ3n) is 3.46. The van der Waals surface area contributed by atoms with Crippen molar-refractivity contribution in [3.05, 3.63) is 69.7 Å². The van der Waals surface area contributed by atoms with Gasteiger partial charge in [-0.2, -0.15) is 0 Å². The summed E-state index contributed by atoms with van der Waals surface area (Å²) in [4.78, 5) is 0. The predicted octanol–water partition coefficient (Wildman–Crippen LogP) is 5.79. The van der Waals surface area contributed by atoms with Gasteiger partial charge < -0.3 is 0 Å². The number of halogens is 2. The molecule has 0 fully saturated rings. The molecule has 0 spiro atoms. The molecule has 0 amide bonds. The summed E-state index contributed by atoms with van der Waals surface area (Å²) < 4.78 is 0. The quantitative estimate of drug-likeness (QED) is 0.625. The summed E-state index contributed by atoms with van der Waals surface area (Å²) in [7, 11) is 0. The molecule has 1 atom stereocenters. The Kier molecular flexibility index (Phi) is 4.90. The summed E-state index contributed by atoms with van der Waals surface area (Å²) in [6, 6.07) is 14.3. The van der Waals surface area contributed by atoms with Gasteiger partial charge in [0.15, 0.2) is 0 Å². The van der Waals surface area contributed by atoms with E-state index in [0.717, 1.165) is 29.0 Å². The first-order chi connectivity index (χ1) is 9.17.